The summed E-state index contributed by atoms with van der Waals surface area (Å²) in [4.78, 5) is 27.7. The quantitative estimate of drug-likeness (QED) is 0.566. The standard InChI is InChI=1S/C17H22N4O2S/c1-4-15-19-17(21-20-15)24-11(2)16(23)14-7-5-13(6-8-14)9-10-18-12(3)22/h5-8,11H,4,9-10H2,1-3H3,(H,18,22)(H,19,20,21). The molecule has 0 radical (unpaired) electrons. The lowest BCUT2D eigenvalue weighted by atomic mass is 10.0. The molecule has 1 aromatic heterocycles. The van der Waals surface area contributed by atoms with E-state index in [9.17, 15) is 9.59 Å². The molecule has 1 unspecified atom stereocenters. The van der Waals surface area contributed by atoms with Crippen molar-refractivity contribution < 1.29 is 9.59 Å². The molecule has 0 spiro atoms. The zero-order valence-corrected chi connectivity index (χ0v) is 14.9. The molecule has 0 fully saturated rings. The van der Waals surface area contributed by atoms with E-state index in [4.69, 9.17) is 0 Å². The molecule has 0 aliphatic heterocycles. The Hall–Kier alpha value is -2.15. The van der Waals surface area contributed by atoms with Gasteiger partial charge in [-0.1, -0.05) is 43.0 Å². The van der Waals surface area contributed by atoms with Crippen LogP contribution in [-0.2, 0) is 17.6 Å². The van der Waals surface area contributed by atoms with E-state index in [-0.39, 0.29) is 16.9 Å². The maximum absolute atomic E-state index is 12.5. The Morgan fingerprint density at radius 1 is 1.29 bits per heavy atom. The predicted octanol–water partition coefficient (Wildman–Crippen LogP) is 2.41. The van der Waals surface area contributed by atoms with Crippen molar-refractivity contribution in [2.24, 2.45) is 0 Å². The predicted molar refractivity (Wildman–Crippen MR) is 94.2 cm³/mol. The average molecular weight is 346 g/mol. The van der Waals surface area contributed by atoms with Gasteiger partial charge in [0.15, 0.2) is 5.78 Å². The summed E-state index contributed by atoms with van der Waals surface area (Å²) in [6.45, 7) is 5.95. The number of rotatable bonds is 8. The first-order chi connectivity index (χ1) is 11.5. The number of hydrogen-bond acceptors (Lipinski definition) is 5. The minimum atomic E-state index is -0.254. The van der Waals surface area contributed by atoms with Gasteiger partial charge in [0.1, 0.15) is 5.82 Å². The van der Waals surface area contributed by atoms with Crippen molar-refractivity contribution in [1.82, 2.24) is 20.5 Å². The van der Waals surface area contributed by atoms with Gasteiger partial charge in [-0.05, 0) is 18.9 Å². The molecule has 0 aliphatic carbocycles. The minimum absolute atomic E-state index is 0.0362. The number of aryl methyl sites for hydroxylation is 1. The van der Waals surface area contributed by atoms with Gasteiger partial charge in [0.2, 0.25) is 11.1 Å². The van der Waals surface area contributed by atoms with Gasteiger partial charge < -0.3 is 5.32 Å². The Bertz CT molecular complexity index is 697. The van der Waals surface area contributed by atoms with Crippen molar-refractivity contribution in [2.45, 2.75) is 44.0 Å². The summed E-state index contributed by atoms with van der Waals surface area (Å²) in [7, 11) is 0. The number of nitrogens with one attached hydrogen (secondary N) is 2. The molecule has 24 heavy (non-hydrogen) atoms. The first kappa shape index (κ1) is 18.2. The fourth-order valence-electron chi connectivity index (χ4n) is 2.15. The van der Waals surface area contributed by atoms with Crippen molar-refractivity contribution in [3.63, 3.8) is 0 Å². The molecular weight excluding hydrogens is 324 g/mol. The number of Topliss-reactive ketones (excluding diaryl/α,β-unsaturated/α-hetero) is 1. The second-order valence-corrected chi connectivity index (χ2v) is 6.78. The number of carbonyl (C=O) groups is 2. The van der Waals surface area contributed by atoms with Crippen molar-refractivity contribution in [3.8, 4) is 0 Å². The maximum atomic E-state index is 12.5. The molecule has 2 N–H and O–H groups in total. The van der Waals surface area contributed by atoms with Gasteiger partial charge in [-0.3, -0.25) is 14.7 Å². The van der Waals surface area contributed by atoms with Gasteiger partial charge in [-0.15, -0.1) is 5.10 Å². The summed E-state index contributed by atoms with van der Waals surface area (Å²) in [6, 6.07) is 7.51. The number of thioether (sulfide) groups is 1. The third-order valence-electron chi connectivity index (χ3n) is 3.52. The van der Waals surface area contributed by atoms with Crippen LogP contribution in [0.1, 0.15) is 42.5 Å². The van der Waals surface area contributed by atoms with Gasteiger partial charge in [0.25, 0.3) is 0 Å². The van der Waals surface area contributed by atoms with Gasteiger partial charge in [0.05, 0.1) is 5.25 Å². The summed E-state index contributed by atoms with van der Waals surface area (Å²) >= 11 is 1.35. The van der Waals surface area contributed by atoms with Crippen LogP contribution < -0.4 is 5.32 Å². The van der Waals surface area contributed by atoms with E-state index in [1.54, 1.807) is 0 Å². The van der Waals surface area contributed by atoms with Gasteiger partial charge in [0, 0.05) is 25.5 Å². The lowest BCUT2D eigenvalue weighted by molar-refractivity contribution is -0.118. The Morgan fingerprint density at radius 2 is 2.00 bits per heavy atom. The average Bonchev–Trinajstić information content (AvgIpc) is 3.02. The zero-order chi connectivity index (χ0) is 17.5. The van der Waals surface area contributed by atoms with Gasteiger partial charge >= 0.3 is 0 Å². The number of nitrogens with zero attached hydrogens (tertiary/aromatic N) is 2. The monoisotopic (exact) mass is 346 g/mol. The van der Waals surface area contributed by atoms with Crippen LogP contribution in [-0.4, -0.2) is 38.7 Å². The second-order valence-electron chi connectivity index (χ2n) is 5.47. The molecule has 1 heterocycles. The highest BCUT2D eigenvalue weighted by molar-refractivity contribution is 8.00. The smallest absolute Gasteiger partial charge is 0.216 e. The highest BCUT2D eigenvalue weighted by Gasteiger charge is 2.18. The first-order valence-electron chi connectivity index (χ1n) is 7.95. The Balaban J connectivity index is 1.92. The molecule has 1 amide bonds. The molecule has 0 saturated heterocycles. The number of benzene rings is 1. The van der Waals surface area contributed by atoms with Crippen LogP contribution in [0.3, 0.4) is 0 Å². The van der Waals surface area contributed by atoms with E-state index in [1.807, 2.05) is 38.1 Å². The number of ketones is 1. The van der Waals surface area contributed by atoms with E-state index in [1.165, 1.54) is 18.7 Å². The van der Waals surface area contributed by atoms with Crippen LogP contribution in [0.4, 0.5) is 0 Å². The summed E-state index contributed by atoms with van der Waals surface area (Å²) in [5.74, 6) is 0.836. The minimum Gasteiger partial charge on any atom is -0.356 e. The van der Waals surface area contributed by atoms with E-state index >= 15 is 0 Å². The number of carbonyl (C=O) groups excluding carboxylic acids is 2. The van der Waals surface area contributed by atoms with Crippen LogP contribution in [0.15, 0.2) is 29.4 Å². The fourth-order valence-corrected chi connectivity index (χ4v) is 2.97. The number of H-pyrrole nitrogens is 1. The van der Waals surface area contributed by atoms with Crippen LogP contribution in [0.5, 0.6) is 0 Å². The Kier molecular flexibility index (Phi) is 6.54. The topological polar surface area (TPSA) is 87.7 Å². The lowest BCUT2D eigenvalue weighted by Crippen LogP contribution is -2.22. The molecule has 0 aliphatic rings. The number of hydrogen-bond donors (Lipinski definition) is 2. The Morgan fingerprint density at radius 3 is 2.58 bits per heavy atom. The molecule has 1 aromatic carbocycles. The number of aromatic nitrogens is 3. The molecule has 0 bridgehead atoms. The van der Waals surface area contributed by atoms with Crippen molar-refractivity contribution in [1.29, 1.82) is 0 Å². The lowest BCUT2D eigenvalue weighted by Gasteiger charge is -2.09. The maximum Gasteiger partial charge on any atom is 0.216 e. The molecule has 6 nitrogen and oxygen atoms in total. The van der Waals surface area contributed by atoms with Crippen LogP contribution >= 0.6 is 11.8 Å². The zero-order valence-electron chi connectivity index (χ0n) is 14.1. The largest absolute Gasteiger partial charge is 0.356 e. The third kappa shape index (κ3) is 5.19. The van der Waals surface area contributed by atoms with E-state index < -0.39 is 0 Å². The molecule has 2 aromatic rings. The molecule has 1 atom stereocenters. The van der Waals surface area contributed by atoms with Crippen LogP contribution in [0, 0.1) is 0 Å². The second kappa shape index (κ2) is 8.63. The van der Waals surface area contributed by atoms with Crippen molar-refractivity contribution in [2.75, 3.05) is 6.54 Å². The van der Waals surface area contributed by atoms with Gasteiger partial charge in [-0.25, -0.2) is 4.98 Å². The molecular formula is C17H22N4O2S. The molecule has 128 valence electrons. The van der Waals surface area contributed by atoms with E-state index in [0.29, 0.717) is 17.3 Å². The van der Waals surface area contributed by atoms with E-state index in [0.717, 1.165) is 24.2 Å². The van der Waals surface area contributed by atoms with Crippen molar-refractivity contribution in [3.05, 3.63) is 41.2 Å². The molecule has 0 saturated carbocycles. The van der Waals surface area contributed by atoms with Gasteiger partial charge in [-0.2, -0.15) is 0 Å². The summed E-state index contributed by atoms with van der Waals surface area (Å²) in [5, 5.41) is 10.1. The summed E-state index contributed by atoms with van der Waals surface area (Å²) in [6.07, 6.45) is 1.53. The van der Waals surface area contributed by atoms with Crippen LogP contribution in [0.25, 0.3) is 0 Å². The van der Waals surface area contributed by atoms with E-state index in [2.05, 4.69) is 20.5 Å². The highest BCUT2D eigenvalue weighted by Crippen LogP contribution is 2.22. The SMILES string of the molecule is CCc1nc(SC(C)C(=O)c2ccc(CCNC(C)=O)cc2)n[nH]1. The summed E-state index contributed by atoms with van der Waals surface area (Å²) < 4.78 is 0. The third-order valence-corrected chi connectivity index (χ3v) is 4.48. The fraction of sp³-hybridized carbons (Fsp3) is 0.412. The normalized spacial score (nSPS) is 12.0. The summed E-state index contributed by atoms with van der Waals surface area (Å²) in [5.41, 5.74) is 1.76. The molecule has 2 rings (SSSR count). The highest BCUT2D eigenvalue weighted by atomic mass is 32.2. The van der Waals surface area contributed by atoms with Crippen LogP contribution in [0.2, 0.25) is 0 Å². The first-order valence-corrected chi connectivity index (χ1v) is 8.83. The molecule has 7 heteroatoms. The Labute approximate surface area is 145 Å². The van der Waals surface area contributed by atoms with Crippen molar-refractivity contribution >= 4 is 23.5 Å². The number of aromatic amines is 1. The number of amides is 1.